The van der Waals surface area contributed by atoms with Crippen molar-refractivity contribution in [1.82, 2.24) is 0 Å². The molecule has 0 spiro atoms. The van der Waals surface area contributed by atoms with Crippen LogP contribution < -0.4 is 253 Å². The number of aliphatic hydroxyl groups excluding tert-OH is 5. The zero-order chi connectivity index (χ0) is 17.4. The van der Waals surface area contributed by atoms with E-state index in [4.69, 9.17) is 54.7 Å². The fourth-order valence-electron chi connectivity index (χ4n) is 1.08. The maximum absolute atomic E-state index is 9.12. The fourth-order valence-corrected chi connectivity index (χ4v) is 1.08. The van der Waals surface area contributed by atoms with Gasteiger partial charge in [0.2, 0.25) is 0 Å². The quantitative estimate of drug-likeness (QED) is 0.128. The Hall–Kier alpha value is 6.83. The number of rotatable bonds is 1. The molecule has 1 rings (SSSR count). The first-order chi connectivity index (χ1) is 9.31. The Kier molecular flexibility index (Phi) is 72.2. The molecule has 144 valence electrons. The molecule has 1 aliphatic heterocycles. The smallest absolute Gasteiger partial charge is 1.00 e. The van der Waals surface area contributed by atoms with Crippen LogP contribution in [-0.4, -0.2) is 73.7 Å². The Morgan fingerprint density at radius 2 is 1.21 bits per heavy atom. The summed E-state index contributed by atoms with van der Waals surface area (Å²) in [5.41, 5.74) is 0. The molecule has 12 nitrogen and oxygen atoms in total. The van der Waals surface area contributed by atoms with Crippen molar-refractivity contribution in [1.29, 1.82) is 0 Å². The van der Waals surface area contributed by atoms with Crippen molar-refractivity contribution in [3.63, 3.8) is 0 Å². The first-order valence-electron chi connectivity index (χ1n) is 5.22. The molecular weight excluding hydrogens is 553 g/mol. The van der Waals surface area contributed by atoms with E-state index < -0.39 is 51.1 Å². The van der Waals surface area contributed by atoms with Crippen LogP contribution >= 0.6 is 7.82 Å². The van der Waals surface area contributed by atoms with Gasteiger partial charge >= 0.3 is 213 Å². The van der Waals surface area contributed by atoms with Crippen molar-refractivity contribution in [3.8, 4) is 0 Å². The molecule has 0 aromatic rings. The van der Waals surface area contributed by atoms with Crippen molar-refractivity contribution >= 4 is 13.8 Å². The maximum Gasteiger partial charge on any atom is 1.00 e. The van der Waals surface area contributed by atoms with E-state index in [-0.39, 0.29) is 238 Å². The van der Waals surface area contributed by atoms with Gasteiger partial charge in [0.1, 0.15) is 24.4 Å². The molecule has 0 bridgehead atoms. The summed E-state index contributed by atoms with van der Waals surface area (Å²) in [4.78, 5) is 33.2. The van der Waals surface area contributed by atoms with Gasteiger partial charge in [0.25, 0.3) is 0 Å². The van der Waals surface area contributed by atoms with Gasteiger partial charge in [0.15, 0.2) is 6.29 Å². The summed E-state index contributed by atoms with van der Waals surface area (Å²) in [6.07, 6.45) is -7.04. The molecular formula is C8H16Cl2K3Na2O12P. The Labute approximate surface area is 346 Å². The molecule has 0 radical (unpaired) electrons. The molecule has 0 amide bonds. The number of phosphoric acid groups is 1. The predicted octanol–water partition coefficient (Wildman–Crippen LogP) is -27.6. The van der Waals surface area contributed by atoms with Gasteiger partial charge in [-0.15, -0.1) is 0 Å². The van der Waals surface area contributed by atoms with Gasteiger partial charge in [-0.1, -0.05) is 0 Å². The minimum atomic E-state index is -5.14. The average Bonchev–Trinajstić information content (AvgIpc) is 2.28. The van der Waals surface area contributed by atoms with E-state index in [0.29, 0.717) is 0 Å². The van der Waals surface area contributed by atoms with Gasteiger partial charge in [0.05, 0.1) is 14.4 Å². The van der Waals surface area contributed by atoms with Crippen LogP contribution in [0.3, 0.4) is 0 Å². The van der Waals surface area contributed by atoms with Gasteiger partial charge in [0, 0.05) is 5.97 Å². The van der Waals surface area contributed by atoms with Gasteiger partial charge in [-0.05, 0) is 6.92 Å². The Morgan fingerprint density at radius 1 is 0.964 bits per heavy atom. The number of carbonyl (C=O) groups excluding carboxylic acids is 1. The fraction of sp³-hybridized carbons (Fsp3) is 0.875. The van der Waals surface area contributed by atoms with Gasteiger partial charge in [-0.2, -0.15) is 0 Å². The van der Waals surface area contributed by atoms with Crippen LogP contribution in [0, 0.1) is 0 Å². The second kappa shape index (κ2) is 33.8. The molecule has 28 heavy (non-hydrogen) atoms. The van der Waals surface area contributed by atoms with Crippen LogP contribution in [-0.2, 0) is 14.1 Å². The molecule has 1 fully saturated rings. The van der Waals surface area contributed by atoms with E-state index in [1.54, 1.807) is 0 Å². The number of aliphatic carboxylic acids is 1. The predicted molar refractivity (Wildman–Crippen MR) is 56.5 cm³/mol. The minimum absolute atomic E-state index is 0. The number of halogens is 2. The Morgan fingerprint density at radius 3 is 1.43 bits per heavy atom. The minimum Gasteiger partial charge on any atom is -1.00 e. The monoisotopic (exact) mass is 568 g/mol. The van der Waals surface area contributed by atoms with E-state index in [9.17, 15) is 0 Å². The summed E-state index contributed by atoms with van der Waals surface area (Å²) in [6.45, 7) is 0.446. The van der Waals surface area contributed by atoms with E-state index in [0.717, 1.165) is 6.92 Å². The molecule has 1 saturated heterocycles. The first kappa shape index (κ1) is 59.7. The van der Waals surface area contributed by atoms with Crippen molar-refractivity contribution < 1.29 is 297 Å². The van der Waals surface area contributed by atoms with Crippen LogP contribution in [0.4, 0.5) is 0 Å². The number of carboxylic acid groups (broad SMARTS) is 1. The van der Waals surface area contributed by atoms with Crippen LogP contribution in [0.25, 0.3) is 0 Å². The standard InChI is InChI=1S/C6H12O6.C2H4O2.2ClH.3K.2Na.H3O4P/c7-1-2-3(8)4(9)5(10)6(11)12-2;1-2(3)4;;;;;;;;1-5(2,3)4/h2-11H,1H2;1H3,(H,3,4);2*1H;;;;;;(H3,1,2,3,4)/q;;;;5*+1;/p-5. The van der Waals surface area contributed by atoms with E-state index in [2.05, 4.69) is 4.74 Å². The number of hydrogen-bond donors (Lipinski definition) is 6. The second-order valence-electron chi connectivity index (χ2n) is 3.68. The maximum atomic E-state index is 9.12. The molecule has 1 heterocycles. The van der Waals surface area contributed by atoms with E-state index in [1.165, 1.54) is 0 Å². The summed E-state index contributed by atoms with van der Waals surface area (Å²) in [7, 11) is -5.14. The summed E-state index contributed by atoms with van der Waals surface area (Å²) in [5, 5.41) is 53.5. The third kappa shape index (κ3) is 40.0. The summed E-state index contributed by atoms with van der Waals surface area (Å²) in [5.74, 6) is -1.08. The Balaban J connectivity index is -0.0000000285. The van der Waals surface area contributed by atoms with Crippen molar-refractivity contribution in [2.45, 2.75) is 37.6 Å². The van der Waals surface area contributed by atoms with Crippen LogP contribution in [0.5, 0.6) is 0 Å². The van der Waals surface area contributed by atoms with Crippen LogP contribution in [0.1, 0.15) is 6.92 Å². The topological polar surface area (TPSA) is 234 Å². The molecule has 0 aliphatic carbocycles. The molecule has 0 aromatic heterocycles. The normalized spacial score (nSPS) is 24.1. The van der Waals surface area contributed by atoms with Gasteiger partial charge < -0.3 is 84.2 Å². The zero-order valence-electron chi connectivity index (χ0n) is 16.4. The third-order valence-corrected chi connectivity index (χ3v) is 1.87. The molecule has 5 atom stereocenters. The summed E-state index contributed by atoms with van der Waals surface area (Å²) < 4.78 is 13.2. The number of ether oxygens (including phenoxy) is 1. The third-order valence-electron chi connectivity index (χ3n) is 1.87. The van der Waals surface area contributed by atoms with Crippen molar-refractivity contribution in [3.05, 3.63) is 0 Å². The SMILES string of the molecule is CC(=O)[O-].O=P([O-])([O-])O.OCC1OC(O)C(O)C(O)C1O.[Cl-].[Cl-].[K+].[K+].[K+].[Na+].[Na+]. The summed E-state index contributed by atoms with van der Waals surface area (Å²) >= 11 is 0. The van der Waals surface area contributed by atoms with Crippen LogP contribution in [0.15, 0.2) is 0 Å². The molecule has 5 unspecified atom stereocenters. The summed E-state index contributed by atoms with van der Waals surface area (Å²) in [6, 6.07) is 0. The zero-order valence-corrected chi connectivity index (χ0v) is 32.2. The number of carboxylic acids is 1. The average molecular weight is 569 g/mol. The molecule has 0 aromatic carbocycles. The number of carbonyl (C=O) groups is 1. The Bertz CT molecular complexity index is 359. The first-order valence-corrected chi connectivity index (χ1v) is 6.71. The number of aliphatic hydroxyl groups is 5. The van der Waals surface area contributed by atoms with E-state index >= 15 is 0 Å². The molecule has 20 heteroatoms. The van der Waals surface area contributed by atoms with Crippen LogP contribution in [0.2, 0.25) is 0 Å². The van der Waals surface area contributed by atoms with Crippen molar-refractivity contribution in [2.75, 3.05) is 6.61 Å². The molecule has 6 N–H and O–H groups in total. The van der Waals surface area contributed by atoms with Gasteiger partial charge in [-0.3, -0.25) is 0 Å². The van der Waals surface area contributed by atoms with Crippen molar-refractivity contribution in [2.24, 2.45) is 0 Å². The molecule has 1 aliphatic rings. The number of hydrogen-bond acceptors (Lipinski definition) is 11. The van der Waals surface area contributed by atoms with Gasteiger partial charge in [-0.25, -0.2) is 0 Å². The largest absolute Gasteiger partial charge is 1.00 e. The van der Waals surface area contributed by atoms with E-state index in [1.807, 2.05) is 0 Å². The molecule has 0 saturated carbocycles. The second-order valence-corrected chi connectivity index (χ2v) is 4.62.